The van der Waals surface area contributed by atoms with Crippen molar-refractivity contribution < 1.29 is 0 Å². The minimum absolute atomic E-state index is 0.0332. The first-order chi connectivity index (χ1) is 8.15. The van der Waals surface area contributed by atoms with E-state index < -0.39 is 0 Å². The number of fused-ring (bicyclic) bond motifs is 1. The first-order valence-corrected chi connectivity index (χ1v) is 5.73. The van der Waals surface area contributed by atoms with Gasteiger partial charge in [-0.2, -0.15) is 0 Å². The fourth-order valence-corrected chi connectivity index (χ4v) is 2.40. The van der Waals surface area contributed by atoms with Crippen LogP contribution in [0.3, 0.4) is 0 Å². The minimum Gasteiger partial charge on any atom is -0.296 e. The highest BCUT2D eigenvalue weighted by molar-refractivity contribution is 5.38. The van der Waals surface area contributed by atoms with Gasteiger partial charge in [0, 0.05) is 13.1 Å². The highest BCUT2D eigenvalue weighted by atomic mass is 16.1. The molecule has 1 N–H and O–H groups in total. The molecule has 2 aromatic rings. The van der Waals surface area contributed by atoms with Gasteiger partial charge in [-0.3, -0.25) is 19.5 Å². The second kappa shape index (κ2) is 3.60. The average molecular weight is 229 g/mol. The van der Waals surface area contributed by atoms with E-state index in [1.54, 1.807) is 0 Å². The molecular formula is C13H15N3O. The van der Waals surface area contributed by atoms with Gasteiger partial charge in [0.25, 0.3) is 5.56 Å². The molecular weight excluding hydrogens is 214 g/mol. The Kier molecular flexibility index (Phi) is 2.19. The number of benzene rings is 1. The number of H-pyrrole nitrogens is 1. The summed E-state index contributed by atoms with van der Waals surface area (Å²) in [6.07, 6.45) is 0. The number of aromatic amines is 1. The number of aromatic nitrogens is 2. The van der Waals surface area contributed by atoms with Crippen LogP contribution >= 0.6 is 0 Å². The van der Waals surface area contributed by atoms with Crippen molar-refractivity contribution in [1.29, 1.82) is 0 Å². The van der Waals surface area contributed by atoms with E-state index in [0.717, 1.165) is 30.0 Å². The molecule has 0 amide bonds. The van der Waals surface area contributed by atoms with Crippen LogP contribution < -0.4 is 5.56 Å². The number of aryl methyl sites for hydroxylation is 1. The molecule has 0 atom stereocenters. The van der Waals surface area contributed by atoms with Crippen molar-refractivity contribution in [2.45, 2.75) is 20.0 Å². The van der Waals surface area contributed by atoms with Crippen LogP contribution in [0.4, 0.5) is 0 Å². The third-order valence-electron chi connectivity index (χ3n) is 3.21. The molecule has 1 aliphatic heterocycles. The lowest BCUT2D eigenvalue weighted by molar-refractivity contribution is 0.345. The van der Waals surface area contributed by atoms with Crippen molar-refractivity contribution in [3.63, 3.8) is 0 Å². The third-order valence-corrected chi connectivity index (χ3v) is 3.21. The summed E-state index contributed by atoms with van der Waals surface area (Å²) in [7, 11) is 2.03. The second-order valence-corrected chi connectivity index (χ2v) is 4.71. The summed E-state index contributed by atoms with van der Waals surface area (Å²) in [6, 6.07) is 8.15. The Morgan fingerprint density at radius 3 is 2.88 bits per heavy atom. The molecule has 0 radical (unpaired) electrons. The van der Waals surface area contributed by atoms with Crippen molar-refractivity contribution in [2.75, 3.05) is 7.05 Å². The molecule has 3 rings (SSSR count). The lowest BCUT2D eigenvalue weighted by Gasteiger charge is -2.09. The predicted octanol–water partition coefficient (Wildman–Crippen LogP) is 1.42. The molecule has 0 saturated carbocycles. The van der Waals surface area contributed by atoms with Crippen molar-refractivity contribution in [1.82, 2.24) is 14.7 Å². The zero-order chi connectivity index (χ0) is 12.0. The summed E-state index contributed by atoms with van der Waals surface area (Å²) in [6.45, 7) is 3.61. The highest BCUT2D eigenvalue weighted by Gasteiger charge is 2.24. The minimum atomic E-state index is 0.0332. The molecule has 4 heteroatoms. The van der Waals surface area contributed by atoms with E-state index in [4.69, 9.17) is 0 Å². The van der Waals surface area contributed by atoms with Crippen molar-refractivity contribution in [3.8, 4) is 5.69 Å². The number of hydrogen-bond donors (Lipinski definition) is 1. The SMILES string of the molecule is Cc1cccc(-n2[nH]c(=O)c3c2CN(C)C3)c1. The van der Waals surface area contributed by atoms with Gasteiger partial charge in [0.05, 0.1) is 16.9 Å². The standard InChI is InChI=1S/C13H15N3O/c1-9-4-3-5-10(6-9)16-12-8-15(2)7-11(12)13(17)14-16/h3-6H,7-8H2,1-2H3,(H,14,17). The topological polar surface area (TPSA) is 41.0 Å². The number of rotatable bonds is 1. The van der Waals surface area contributed by atoms with Crippen molar-refractivity contribution in [2.24, 2.45) is 0 Å². The average Bonchev–Trinajstić information content (AvgIpc) is 2.79. The van der Waals surface area contributed by atoms with Gasteiger partial charge < -0.3 is 0 Å². The largest absolute Gasteiger partial charge is 0.296 e. The quantitative estimate of drug-likeness (QED) is 0.803. The summed E-state index contributed by atoms with van der Waals surface area (Å²) in [5, 5.41) is 2.91. The normalized spacial score (nSPS) is 15.2. The Labute approximate surface area is 99.5 Å². The van der Waals surface area contributed by atoms with Gasteiger partial charge in [-0.1, -0.05) is 12.1 Å². The first-order valence-electron chi connectivity index (χ1n) is 5.73. The van der Waals surface area contributed by atoms with Crippen LogP contribution in [-0.4, -0.2) is 21.7 Å². The van der Waals surface area contributed by atoms with Crippen LogP contribution in [0.5, 0.6) is 0 Å². The highest BCUT2D eigenvalue weighted by Crippen LogP contribution is 2.21. The van der Waals surface area contributed by atoms with Gasteiger partial charge in [0.1, 0.15) is 0 Å². The molecule has 0 unspecified atom stereocenters. The summed E-state index contributed by atoms with van der Waals surface area (Å²) < 4.78 is 1.91. The monoisotopic (exact) mass is 229 g/mol. The molecule has 2 heterocycles. The van der Waals surface area contributed by atoms with E-state index in [1.807, 2.05) is 23.9 Å². The molecule has 4 nitrogen and oxygen atoms in total. The smallest absolute Gasteiger partial charge is 0.269 e. The molecule has 0 aliphatic carbocycles. The van der Waals surface area contributed by atoms with Crippen LogP contribution in [0.1, 0.15) is 16.8 Å². The number of nitrogens with zero attached hydrogens (tertiary/aromatic N) is 2. The second-order valence-electron chi connectivity index (χ2n) is 4.71. The molecule has 0 bridgehead atoms. The Morgan fingerprint density at radius 2 is 2.12 bits per heavy atom. The predicted molar refractivity (Wildman–Crippen MR) is 66.3 cm³/mol. The van der Waals surface area contributed by atoms with Gasteiger partial charge in [-0.15, -0.1) is 0 Å². The van der Waals surface area contributed by atoms with E-state index in [0.29, 0.717) is 0 Å². The summed E-state index contributed by atoms with van der Waals surface area (Å²) in [5.74, 6) is 0. The zero-order valence-electron chi connectivity index (χ0n) is 10.0. The van der Waals surface area contributed by atoms with Crippen LogP contribution in [0.2, 0.25) is 0 Å². The summed E-state index contributed by atoms with van der Waals surface area (Å²) in [4.78, 5) is 14.0. The molecule has 17 heavy (non-hydrogen) atoms. The van der Waals surface area contributed by atoms with Gasteiger partial charge >= 0.3 is 0 Å². The lowest BCUT2D eigenvalue weighted by Crippen LogP contribution is -2.16. The summed E-state index contributed by atoms with van der Waals surface area (Å²) in [5.41, 5.74) is 4.23. The van der Waals surface area contributed by atoms with Crippen LogP contribution in [0.25, 0.3) is 5.69 Å². The molecule has 88 valence electrons. The van der Waals surface area contributed by atoms with Crippen LogP contribution in [0.15, 0.2) is 29.1 Å². The Bertz CT molecular complexity index is 624. The molecule has 0 fully saturated rings. The first kappa shape index (κ1) is 10.4. The maximum atomic E-state index is 11.8. The maximum Gasteiger partial charge on any atom is 0.269 e. The Hall–Kier alpha value is -1.81. The van der Waals surface area contributed by atoms with Crippen molar-refractivity contribution in [3.05, 3.63) is 51.4 Å². The number of nitrogens with one attached hydrogen (secondary N) is 1. The van der Waals surface area contributed by atoms with E-state index in [-0.39, 0.29) is 5.56 Å². The fraction of sp³-hybridized carbons (Fsp3) is 0.308. The maximum absolute atomic E-state index is 11.8. The Morgan fingerprint density at radius 1 is 1.29 bits per heavy atom. The van der Waals surface area contributed by atoms with E-state index in [9.17, 15) is 4.79 Å². The number of hydrogen-bond acceptors (Lipinski definition) is 2. The summed E-state index contributed by atoms with van der Waals surface area (Å²) >= 11 is 0. The van der Waals surface area contributed by atoms with E-state index in [2.05, 4.69) is 29.1 Å². The molecule has 1 aliphatic rings. The molecule has 0 spiro atoms. The van der Waals surface area contributed by atoms with Crippen LogP contribution in [0, 0.1) is 6.92 Å². The van der Waals surface area contributed by atoms with Gasteiger partial charge in [-0.05, 0) is 31.7 Å². The van der Waals surface area contributed by atoms with E-state index >= 15 is 0 Å². The van der Waals surface area contributed by atoms with Crippen LogP contribution in [-0.2, 0) is 13.1 Å². The molecule has 0 saturated heterocycles. The van der Waals surface area contributed by atoms with Crippen molar-refractivity contribution >= 4 is 0 Å². The molecule has 1 aromatic carbocycles. The van der Waals surface area contributed by atoms with Gasteiger partial charge in [-0.25, -0.2) is 0 Å². The lowest BCUT2D eigenvalue weighted by atomic mass is 10.2. The van der Waals surface area contributed by atoms with Gasteiger partial charge in [0.2, 0.25) is 0 Å². The van der Waals surface area contributed by atoms with E-state index in [1.165, 1.54) is 5.56 Å². The van der Waals surface area contributed by atoms with Gasteiger partial charge in [0.15, 0.2) is 0 Å². The third kappa shape index (κ3) is 1.61. The Balaban J connectivity index is 2.17. The molecule has 1 aromatic heterocycles. The fourth-order valence-electron chi connectivity index (χ4n) is 2.40. The zero-order valence-corrected chi connectivity index (χ0v) is 10.0.